The molecule has 0 aromatic carbocycles. The molecule has 0 amide bonds. The molecule has 0 bridgehead atoms. The highest BCUT2D eigenvalue weighted by Crippen LogP contribution is 2.26. The zero-order chi connectivity index (χ0) is 19.9. The predicted octanol–water partition coefficient (Wildman–Crippen LogP) is 1.33. The molecule has 4 heterocycles. The van der Waals surface area contributed by atoms with Crippen LogP contribution < -0.4 is 10.5 Å². The van der Waals surface area contributed by atoms with Crippen molar-refractivity contribution in [3.05, 3.63) is 34.6 Å². The Kier molecular flexibility index (Phi) is 5.00. The summed E-state index contributed by atoms with van der Waals surface area (Å²) in [4.78, 5) is 21.8. The molecule has 0 radical (unpaired) electrons. The maximum atomic E-state index is 13.0. The first-order chi connectivity index (χ1) is 13.4. The van der Waals surface area contributed by atoms with Gasteiger partial charge in [-0.25, -0.2) is 18.1 Å². The van der Waals surface area contributed by atoms with Crippen LogP contribution in [0.5, 0.6) is 0 Å². The van der Waals surface area contributed by atoms with E-state index in [0.29, 0.717) is 18.8 Å². The molecule has 2 aliphatic heterocycles. The number of hydrogen-bond acceptors (Lipinski definition) is 6. The fourth-order valence-electron chi connectivity index (χ4n) is 3.65. The van der Waals surface area contributed by atoms with Crippen LogP contribution in [0.2, 0.25) is 0 Å². The number of piperidine rings is 1. The van der Waals surface area contributed by atoms with Gasteiger partial charge >= 0.3 is 0 Å². The van der Waals surface area contributed by atoms with Gasteiger partial charge in [-0.05, 0) is 19.3 Å². The summed E-state index contributed by atoms with van der Waals surface area (Å²) in [5, 5.41) is 4.44. The second kappa shape index (κ2) is 7.32. The lowest BCUT2D eigenvalue weighted by molar-refractivity contribution is 0.247. The monoisotopic (exact) mass is 406 g/mol. The Morgan fingerprint density at radius 3 is 2.57 bits per heavy atom. The molecule has 10 heteroatoms. The highest BCUT2D eigenvalue weighted by Gasteiger charge is 2.33. The zero-order valence-electron chi connectivity index (χ0n) is 16.2. The number of H-pyrrole nitrogens is 1. The molecule has 4 rings (SSSR count). The first-order valence-electron chi connectivity index (χ1n) is 9.75. The molecule has 2 aromatic rings. The van der Waals surface area contributed by atoms with Crippen LogP contribution in [0.3, 0.4) is 0 Å². The van der Waals surface area contributed by atoms with Crippen molar-refractivity contribution in [3.63, 3.8) is 0 Å². The summed E-state index contributed by atoms with van der Waals surface area (Å²) in [6.45, 7) is 6.46. The largest absolute Gasteiger partial charge is 0.370 e. The van der Waals surface area contributed by atoms with E-state index < -0.39 is 10.0 Å². The molecule has 1 N–H and O–H groups in total. The summed E-state index contributed by atoms with van der Waals surface area (Å²) in [5.41, 5.74) is 0.656. The molecular weight excluding hydrogens is 380 g/mol. The Bertz CT molecular complexity index is 1010. The number of anilines is 1. The molecule has 0 spiro atoms. The Balaban J connectivity index is 1.54. The minimum atomic E-state index is -3.68. The van der Waals surface area contributed by atoms with Crippen molar-refractivity contribution < 1.29 is 8.42 Å². The SMILES string of the molecule is CC(C)c1ncc(S(=O)(=O)N2CCCC(n3ncc(N4CCC4)cc3=O)C2)[nH]1. The van der Waals surface area contributed by atoms with Crippen LogP contribution in [-0.4, -0.2) is 58.7 Å². The van der Waals surface area contributed by atoms with Crippen LogP contribution in [0.25, 0.3) is 0 Å². The number of aromatic amines is 1. The van der Waals surface area contributed by atoms with E-state index in [4.69, 9.17) is 0 Å². The van der Waals surface area contributed by atoms with E-state index in [9.17, 15) is 13.2 Å². The third kappa shape index (κ3) is 3.46. The van der Waals surface area contributed by atoms with Gasteiger partial charge in [0.1, 0.15) is 5.82 Å². The molecule has 2 fully saturated rings. The molecule has 0 saturated carbocycles. The van der Waals surface area contributed by atoms with E-state index in [2.05, 4.69) is 20.0 Å². The lowest BCUT2D eigenvalue weighted by atomic mass is 10.1. The number of sulfonamides is 1. The minimum absolute atomic E-state index is 0.102. The van der Waals surface area contributed by atoms with E-state index in [-0.39, 0.29) is 29.1 Å². The van der Waals surface area contributed by atoms with E-state index >= 15 is 0 Å². The van der Waals surface area contributed by atoms with Gasteiger partial charge in [-0.3, -0.25) is 4.79 Å². The van der Waals surface area contributed by atoms with Crippen LogP contribution in [0.1, 0.15) is 50.9 Å². The maximum Gasteiger partial charge on any atom is 0.269 e. The lowest BCUT2D eigenvalue weighted by Crippen LogP contribution is -2.44. The van der Waals surface area contributed by atoms with Crippen LogP contribution in [0, 0.1) is 0 Å². The molecule has 28 heavy (non-hydrogen) atoms. The lowest BCUT2D eigenvalue weighted by Gasteiger charge is -2.34. The van der Waals surface area contributed by atoms with Gasteiger partial charge in [0, 0.05) is 38.2 Å². The third-order valence-corrected chi connectivity index (χ3v) is 7.25. The number of imidazole rings is 1. The van der Waals surface area contributed by atoms with E-state index in [1.54, 1.807) is 12.3 Å². The van der Waals surface area contributed by atoms with Gasteiger partial charge in [0.15, 0.2) is 5.03 Å². The van der Waals surface area contributed by atoms with Crippen molar-refractivity contribution in [1.29, 1.82) is 0 Å². The summed E-state index contributed by atoms with van der Waals surface area (Å²) in [6.07, 6.45) is 5.61. The zero-order valence-corrected chi connectivity index (χ0v) is 17.0. The molecule has 1 unspecified atom stereocenters. The minimum Gasteiger partial charge on any atom is -0.370 e. The van der Waals surface area contributed by atoms with Gasteiger partial charge < -0.3 is 9.88 Å². The van der Waals surface area contributed by atoms with Crippen molar-refractivity contribution in [2.45, 2.75) is 50.1 Å². The van der Waals surface area contributed by atoms with E-state index in [1.807, 2.05) is 13.8 Å². The van der Waals surface area contributed by atoms with Gasteiger partial charge in [0.05, 0.1) is 24.1 Å². The number of hydrogen-bond donors (Lipinski definition) is 1. The van der Waals surface area contributed by atoms with Gasteiger partial charge in [-0.1, -0.05) is 13.8 Å². The Labute approximate surface area is 164 Å². The summed E-state index contributed by atoms with van der Waals surface area (Å²) in [6, 6.07) is 1.33. The van der Waals surface area contributed by atoms with Gasteiger partial charge in [0.2, 0.25) is 0 Å². The second-order valence-electron chi connectivity index (χ2n) is 7.78. The molecular formula is C18H26N6O3S. The first-order valence-corrected chi connectivity index (χ1v) is 11.2. The topological polar surface area (TPSA) is 104 Å². The average Bonchev–Trinajstić information content (AvgIpc) is 3.12. The number of aromatic nitrogens is 4. The molecule has 9 nitrogen and oxygen atoms in total. The number of nitrogens with one attached hydrogen (secondary N) is 1. The normalized spacial score (nSPS) is 21.1. The van der Waals surface area contributed by atoms with Gasteiger partial charge in [0.25, 0.3) is 15.6 Å². The standard InChI is InChI=1S/C18H26N6O3S/c1-13(2)18-19-11-16(21-18)28(26,27)23-8-3-5-14(12-23)24-17(25)9-15(10-20-24)22-6-4-7-22/h9-11,13-14H,3-8,12H2,1-2H3,(H,19,21). The smallest absolute Gasteiger partial charge is 0.269 e. The van der Waals surface area contributed by atoms with Crippen molar-refractivity contribution in [3.8, 4) is 0 Å². The third-order valence-electron chi connectivity index (χ3n) is 5.47. The van der Waals surface area contributed by atoms with Gasteiger partial charge in [-0.15, -0.1) is 0 Å². The van der Waals surface area contributed by atoms with Crippen molar-refractivity contribution in [1.82, 2.24) is 24.1 Å². The molecule has 0 aliphatic carbocycles. The van der Waals surface area contributed by atoms with Crippen LogP contribution in [-0.2, 0) is 10.0 Å². The maximum absolute atomic E-state index is 13.0. The highest BCUT2D eigenvalue weighted by atomic mass is 32.2. The molecule has 1 atom stereocenters. The quantitative estimate of drug-likeness (QED) is 0.803. The predicted molar refractivity (Wildman–Crippen MR) is 105 cm³/mol. The molecule has 2 saturated heterocycles. The number of nitrogens with zero attached hydrogens (tertiary/aromatic N) is 5. The van der Waals surface area contributed by atoms with Crippen LogP contribution >= 0.6 is 0 Å². The first kappa shape index (κ1) is 19.1. The Hall–Kier alpha value is -2.20. The molecule has 152 valence electrons. The van der Waals surface area contributed by atoms with E-state index in [1.165, 1.54) is 15.2 Å². The van der Waals surface area contributed by atoms with E-state index in [0.717, 1.165) is 31.6 Å². The summed E-state index contributed by atoms with van der Waals surface area (Å²) < 4.78 is 28.9. The fourth-order valence-corrected chi connectivity index (χ4v) is 5.09. The molecule has 2 aliphatic rings. The number of rotatable bonds is 5. The summed E-state index contributed by atoms with van der Waals surface area (Å²) >= 11 is 0. The molecule has 2 aromatic heterocycles. The van der Waals surface area contributed by atoms with Crippen molar-refractivity contribution >= 4 is 15.7 Å². The Morgan fingerprint density at radius 2 is 1.96 bits per heavy atom. The van der Waals surface area contributed by atoms with Crippen LogP contribution in [0.15, 0.2) is 28.3 Å². The van der Waals surface area contributed by atoms with Crippen LogP contribution in [0.4, 0.5) is 5.69 Å². The van der Waals surface area contributed by atoms with Crippen molar-refractivity contribution in [2.75, 3.05) is 31.1 Å². The second-order valence-corrected chi connectivity index (χ2v) is 9.69. The highest BCUT2D eigenvalue weighted by molar-refractivity contribution is 7.89. The fraction of sp³-hybridized carbons (Fsp3) is 0.611. The summed E-state index contributed by atoms with van der Waals surface area (Å²) in [5.74, 6) is 0.761. The van der Waals surface area contributed by atoms with Crippen molar-refractivity contribution in [2.24, 2.45) is 0 Å². The van der Waals surface area contributed by atoms with Gasteiger partial charge in [-0.2, -0.15) is 9.40 Å². The summed E-state index contributed by atoms with van der Waals surface area (Å²) in [7, 11) is -3.68. The Morgan fingerprint density at radius 1 is 1.18 bits per heavy atom. The average molecular weight is 407 g/mol.